The lowest BCUT2D eigenvalue weighted by atomic mass is 10.2. The second-order valence-corrected chi connectivity index (χ2v) is 5.94. The van der Waals surface area contributed by atoms with E-state index >= 15 is 0 Å². The number of non-ortho nitro benzene ring substituents is 1. The van der Waals surface area contributed by atoms with Crippen molar-refractivity contribution in [2.75, 3.05) is 18.6 Å². The molecule has 10 heteroatoms. The van der Waals surface area contributed by atoms with E-state index in [0.29, 0.717) is 5.69 Å². The molecule has 128 valence electrons. The predicted octanol–water partition coefficient (Wildman–Crippen LogP) is 1.98. The third kappa shape index (κ3) is 4.22. The molecule has 0 saturated carbocycles. The number of imide groups is 1. The molecule has 1 heterocycles. The summed E-state index contributed by atoms with van der Waals surface area (Å²) < 4.78 is 4.78. The van der Waals surface area contributed by atoms with Gasteiger partial charge in [-0.05, 0) is 19.1 Å². The summed E-state index contributed by atoms with van der Waals surface area (Å²) in [5.74, 6) is -0.992. The number of esters is 1. The summed E-state index contributed by atoms with van der Waals surface area (Å²) in [7, 11) is 0. The predicted molar refractivity (Wildman–Crippen MR) is 86.5 cm³/mol. The van der Waals surface area contributed by atoms with Gasteiger partial charge in [0.25, 0.3) is 10.9 Å². The van der Waals surface area contributed by atoms with E-state index in [1.165, 1.54) is 24.3 Å². The van der Waals surface area contributed by atoms with Crippen molar-refractivity contribution in [2.45, 2.75) is 18.6 Å². The molecule has 1 aromatic rings. The van der Waals surface area contributed by atoms with E-state index in [-0.39, 0.29) is 25.4 Å². The van der Waals surface area contributed by atoms with Crippen LogP contribution in [0, 0.1) is 10.1 Å². The van der Waals surface area contributed by atoms with Crippen LogP contribution in [0.15, 0.2) is 24.3 Å². The molecule has 1 unspecified atom stereocenters. The smallest absolute Gasteiger partial charge is 0.307 e. The fourth-order valence-electron chi connectivity index (χ4n) is 2.01. The van der Waals surface area contributed by atoms with Crippen LogP contribution < -0.4 is 5.32 Å². The number of benzene rings is 1. The van der Waals surface area contributed by atoms with Gasteiger partial charge >= 0.3 is 5.97 Å². The van der Waals surface area contributed by atoms with E-state index in [9.17, 15) is 24.5 Å². The van der Waals surface area contributed by atoms with Gasteiger partial charge in [0.2, 0.25) is 5.91 Å². The number of rotatable bonds is 7. The van der Waals surface area contributed by atoms with Crippen LogP contribution in [-0.4, -0.2) is 45.5 Å². The van der Waals surface area contributed by atoms with Crippen LogP contribution in [0.25, 0.3) is 0 Å². The van der Waals surface area contributed by atoms with Crippen molar-refractivity contribution >= 4 is 40.3 Å². The van der Waals surface area contributed by atoms with E-state index in [1.807, 2.05) is 0 Å². The lowest BCUT2D eigenvalue weighted by Gasteiger charge is -2.15. The molecule has 2 rings (SSSR count). The summed E-state index contributed by atoms with van der Waals surface area (Å²) in [5.41, 5.74) is 0.471. The zero-order chi connectivity index (χ0) is 17.7. The van der Waals surface area contributed by atoms with E-state index in [0.717, 1.165) is 16.7 Å². The largest absolute Gasteiger partial charge is 0.466 e. The maximum atomic E-state index is 12.2. The molecule has 0 aliphatic carbocycles. The Bertz CT molecular complexity index is 663. The van der Waals surface area contributed by atoms with Crippen molar-refractivity contribution < 1.29 is 24.0 Å². The Morgan fingerprint density at radius 2 is 2.04 bits per heavy atom. The quantitative estimate of drug-likeness (QED) is 0.449. The zero-order valence-electron chi connectivity index (χ0n) is 12.8. The second-order valence-electron chi connectivity index (χ2n) is 4.79. The normalized spacial score (nSPS) is 17.0. The van der Waals surface area contributed by atoms with Gasteiger partial charge in [-0.1, -0.05) is 11.8 Å². The Morgan fingerprint density at radius 3 is 2.62 bits per heavy atom. The zero-order valence-corrected chi connectivity index (χ0v) is 13.6. The summed E-state index contributed by atoms with van der Waals surface area (Å²) in [5, 5.41) is 12.2. The first kappa shape index (κ1) is 17.7. The third-order valence-corrected chi connectivity index (χ3v) is 4.26. The van der Waals surface area contributed by atoms with Crippen molar-refractivity contribution in [1.82, 2.24) is 4.90 Å². The Hall–Kier alpha value is -2.62. The Kier molecular flexibility index (Phi) is 5.74. The number of ether oxygens (including phenoxy) is 1. The van der Waals surface area contributed by atoms with Crippen molar-refractivity contribution in [3.8, 4) is 0 Å². The molecule has 0 spiro atoms. The number of nitro benzene ring substituents is 1. The van der Waals surface area contributed by atoms with Gasteiger partial charge in [0, 0.05) is 17.8 Å². The van der Waals surface area contributed by atoms with E-state index in [4.69, 9.17) is 4.74 Å². The van der Waals surface area contributed by atoms with Gasteiger partial charge in [-0.2, -0.15) is 0 Å². The number of nitro groups is 1. The third-order valence-electron chi connectivity index (χ3n) is 3.18. The molecule has 1 N–H and O–H groups in total. The Balaban J connectivity index is 1.92. The van der Waals surface area contributed by atoms with E-state index in [2.05, 4.69) is 5.32 Å². The Morgan fingerprint density at radius 1 is 1.38 bits per heavy atom. The number of carbonyl (C=O) groups is 3. The van der Waals surface area contributed by atoms with Crippen LogP contribution in [0.2, 0.25) is 0 Å². The fourth-order valence-corrected chi connectivity index (χ4v) is 2.99. The number of hydrogen-bond donors (Lipinski definition) is 1. The first-order valence-corrected chi connectivity index (χ1v) is 7.96. The van der Waals surface area contributed by atoms with Crippen LogP contribution in [0.1, 0.15) is 13.3 Å². The van der Waals surface area contributed by atoms with Crippen LogP contribution in [0.4, 0.5) is 16.2 Å². The lowest BCUT2D eigenvalue weighted by molar-refractivity contribution is -0.384. The van der Waals surface area contributed by atoms with Crippen molar-refractivity contribution in [3.05, 3.63) is 34.4 Å². The molecule has 0 radical (unpaired) electrons. The molecule has 24 heavy (non-hydrogen) atoms. The highest BCUT2D eigenvalue weighted by molar-refractivity contribution is 8.15. The van der Waals surface area contributed by atoms with Gasteiger partial charge in [-0.25, -0.2) is 0 Å². The molecule has 1 aromatic carbocycles. The van der Waals surface area contributed by atoms with Crippen molar-refractivity contribution in [3.63, 3.8) is 0 Å². The van der Waals surface area contributed by atoms with Crippen LogP contribution in [-0.2, 0) is 14.3 Å². The van der Waals surface area contributed by atoms with Gasteiger partial charge < -0.3 is 10.1 Å². The fraction of sp³-hybridized carbons (Fsp3) is 0.357. The number of thioether (sulfide) groups is 1. The summed E-state index contributed by atoms with van der Waals surface area (Å²) in [6.07, 6.45) is -0.156. The molecule has 9 nitrogen and oxygen atoms in total. The van der Waals surface area contributed by atoms with Gasteiger partial charge in [-0.15, -0.1) is 0 Å². The molecule has 2 amide bonds. The highest BCUT2D eigenvalue weighted by atomic mass is 32.2. The molecule has 0 aromatic heterocycles. The first-order chi connectivity index (χ1) is 11.4. The first-order valence-electron chi connectivity index (χ1n) is 7.08. The topological polar surface area (TPSA) is 119 Å². The summed E-state index contributed by atoms with van der Waals surface area (Å²) >= 11 is 0.785. The number of carbonyl (C=O) groups excluding carboxylic acids is 3. The van der Waals surface area contributed by atoms with Gasteiger partial charge in [0.15, 0.2) is 0 Å². The maximum absolute atomic E-state index is 12.2. The molecular formula is C14H15N3O6S. The summed E-state index contributed by atoms with van der Waals surface area (Å²) in [6.45, 7) is 1.79. The van der Waals surface area contributed by atoms with Crippen LogP contribution in [0.3, 0.4) is 0 Å². The lowest BCUT2D eigenvalue weighted by Crippen LogP contribution is -2.36. The number of nitrogens with one attached hydrogen (secondary N) is 1. The van der Waals surface area contributed by atoms with Gasteiger partial charge in [0.05, 0.1) is 24.6 Å². The number of nitrogens with zero attached hydrogens (tertiary/aromatic N) is 2. The molecular weight excluding hydrogens is 338 g/mol. The number of hydrogen-bond acceptors (Lipinski definition) is 8. The molecule has 1 aliphatic rings. The minimum absolute atomic E-state index is 0.0565. The van der Waals surface area contributed by atoms with Crippen molar-refractivity contribution in [2.24, 2.45) is 0 Å². The molecule has 1 fully saturated rings. The minimum Gasteiger partial charge on any atom is -0.466 e. The monoisotopic (exact) mass is 353 g/mol. The maximum Gasteiger partial charge on any atom is 0.307 e. The van der Waals surface area contributed by atoms with Crippen molar-refractivity contribution in [1.29, 1.82) is 0 Å². The second kappa shape index (κ2) is 7.77. The number of amides is 2. The minimum atomic E-state index is -0.782. The standard InChI is InChI=1S/C14H15N3O6S/c1-2-23-12(18)7-11-13(19)16(14(20)24-11)8-15-9-3-5-10(6-4-9)17(21)22/h3-6,11,15H,2,7-8H2,1H3. The Labute approximate surface area is 141 Å². The van der Waals surface area contributed by atoms with E-state index < -0.39 is 27.3 Å². The van der Waals surface area contributed by atoms with Gasteiger partial charge in [-0.3, -0.25) is 29.4 Å². The number of anilines is 1. The van der Waals surface area contributed by atoms with E-state index in [1.54, 1.807) is 6.92 Å². The molecule has 1 atom stereocenters. The average Bonchev–Trinajstić information content (AvgIpc) is 2.80. The molecule has 0 bridgehead atoms. The summed E-state index contributed by atoms with van der Waals surface area (Å²) in [4.78, 5) is 46.5. The highest BCUT2D eigenvalue weighted by Gasteiger charge is 2.40. The molecule has 1 aliphatic heterocycles. The summed E-state index contributed by atoms with van der Waals surface area (Å²) in [6, 6.07) is 5.58. The average molecular weight is 353 g/mol. The SMILES string of the molecule is CCOC(=O)CC1SC(=O)N(CNc2ccc([N+](=O)[O-])cc2)C1=O. The highest BCUT2D eigenvalue weighted by Crippen LogP contribution is 2.29. The van der Waals surface area contributed by atoms with Crippen LogP contribution >= 0.6 is 11.8 Å². The molecule has 1 saturated heterocycles. The van der Waals surface area contributed by atoms with Crippen LogP contribution in [0.5, 0.6) is 0 Å². The van der Waals surface area contributed by atoms with Gasteiger partial charge in [0.1, 0.15) is 5.25 Å².